The molecule has 1 aromatic heterocycles. The van der Waals surface area contributed by atoms with Crippen molar-refractivity contribution >= 4 is 20.9 Å². The first-order valence-corrected chi connectivity index (χ1v) is 10.7. The Hall–Kier alpha value is -2.44. The van der Waals surface area contributed by atoms with Gasteiger partial charge >= 0.3 is 0 Å². The van der Waals surface area contributed by atoms with Gasteiger partial charge in [0.2, 0.25) is 10.0 Å². The van der Waals surface area contributed by atoms with E-state index in [4.69, 9.17) is 0 Å². The van der Waals surface area contributed by atoms with Crippen LogP contribution in [0.5, 0.6) is 0 Å². The van der Waals surface area contributed by atoms with E-state index >= 15 is 0 Å². The molecule has 0 saturated carbocycles. The maximum Gasteiger partial charge on any atom is 0.251 e. The largest absolute Gasteiger partial charge is 0.322 e. The Bertz CT molecular complexity index is 1070. The molecule has 0 saturated heterocycles. The number of aryl methyl sites for hydroxylation is 2. The summed E-state index contributed by atoms with van der Waals surface area (Å²) in [5, 5.41) is 0.945. The van der Waals surface area contributed by atoms with E-state index in [1.807, 2.05) is 61.5 Å². The molecule has 142 valence electrons. The molecule has 0 atom stereocenters. The quantitative estimate of drug-likeness (QED) is 0.627. The van der Waals surface area contributed by atoms with E-state index in [-0.39, 0.29) is 17.9 Å². The molecular formula is C21H24N2O3S. The summed E-state index contributed by atoms with van der Waals surface area (Å²) in [6, 6.07) is 17.5. The van der Waals surface area contributed by atoms with Gasteiger partial charge in [0.15, 0.2) is 0 Å². The Morgan fingerprint density at radius 1 is 1.00 bits per heavy atom. The molecule has 6 heteroatoms. The van der Waals surface area contributed by atoms with Crippen molar-refractivity contribution < 1.29 is 8.42 Å². The number of nitrogens with one attached hydrogen (secondary N) is 2. The van der Waals surface area contributed by atoms with Crippen LogP contribution in [0.4, 0.5) is 0 Å². The van der Waals surface area contributed by atoms with Crippen molar-refractivity contribution in [1.82, 2.24) is 9.71 Å². The number of aromatic nitrogens is 1. The number of aromatic amines is 1. The third-order valence-corrected chi connectivity index (χ3v) is 5.99. The van der Waals surface area contributed by atoms with Crippen LogP contribution in [0, 0.1) is 6.92 Å². The van der Waals surface area contributed by atoms with Crippen LogP contribution < -0.4 is 10.3 Å². The predicted molar refractivity (Wildman–Crippen MR) is 110 cm³/mol. The molecule has 0 bridgehead atoms. The molecule has 2 N–H and O–H groups in total. The Morgan fingerprint density at radius 3 is 2.56 bits per heavy atom. The SMILES string of the molecule is Cc1ccc2cc(CCNS(=O)(=O)CCCc3ccccc3)c(=O)[nH]c2c1. The van der Waals surface area contributed by atoms with Crippen LogP contribution in [0.1, 0.15) is 23.1 Å². The van der Waals surface area contributed by atoms with Crippen LogP contribution in [-0.2, 0) is 22.9 Å². The van der Waals surface area contributed by atoms with Crippen LogP contribution in [0.3, 0.4) is 0 Å². The maximum absolute atomic E-state index is 12.2. The monoisotopic (exact) mass is 384 g/mol. The molecule has 0 amide bonds. The molecule has 0 aliphatic rings. The lowest BCUT2D eigenvalue weighted by atomic mass is 10.1. The van der Waals surface area contributed by atoms with Crippen molar-refractivity contribution in [2.75, 3.05) is 12.3 Å². The molecule has 0 radical (unpaired) electrons. The first kappa shape index (κ1) is 19.3. The first-order chi connectivity index (χ1) is 12.9. The van der Waals surface area contributed by atoms with Crippen molar-refractivity contribution in [2.24, 2.45) is 0 Å². The van der Waals surface area contributed by atoms with Gasteiger partial charge < -0.3 is 4.98 Å². The lowest BCUT2D eigenvalue weighted by Gasteiger charge is -2.08. The average Bonchev–Trinajstić information content (AvgIpc) is 2.63. The van der Waals surface area contributed by atoms with Crippen LogP contribution in [-0.4, -0.2) is 25.7 Å². The van der Waals surface area contributed by atoms with Gasteiger partial charge in [-0.1, -0.05) is 42.5 Å². The minimum atomic E-state index is -3.35. The lowest BCUT2D eigenvalue weighted by molar-refractivity contribution is 0.578. The minimum Gasteiger partial charge on any atom is -0.322 e. The minimum absolute atomic E-state index is 0.0786. The van der Waals surface area contributed by atoms with E-state index < -0.39 is 10.0 Å². The van der Waals surface area contributed by atoms with Gasteiger partial charge in [0.1, 0.15) is 0 Å². The van der Waals surface area contributed by atoms with Crippen LogP contribution in [0.25, 0.3) is 10.9 Å². The summed E-state index contributed by atoms with van der Waals surface area (Å²) in [7, 11) is -3.35. The Morgan fingerprint density at radius 2 is 1.78 bits per heavy atom. The Kier molecular flexibility index (Phi) is 6.08. The first-order valence-electron chi connectivity index (χ1n) is 9.07. The molecule has 2 aromatic carbocycles. The van der Waals surface area contributed by atoms with Crippen LogP contribution in [0.2, 0.25) is 0 Å². The van der Waals surface area contributed by atoms with Gasteiger partial charge in [0.05, 0.1) is 5.75 Å². The summed E-state index contributed by atoms with van der Waals surface area (Å²) < 4.78 is 26.9. The second kappa shape index (κ2) is 8.50. The van der Waals surface area contributed by atoms with Crippen LogP contribution >= 0.6 is 0 Å². The summed E-state index contributed by atoms with van der Waals surface area (Å²) in [6.07, 6.45) is 1.65. The number of rotatable bonds is 8. The highest BCUT2D eigenvalue weighted by Gasteiger charge is 2.10. The highest BCUT2D eigenvalue weighted by Crippen LogP contribution is 2.13. The summed E-state index contributed by atoms with van der Waals surface area (Å²) in [5.41, 5.74) is 3.42. The Balaban J connectivity index is 1.54. The van der Waals surface area contributed by atoms with Gasteiger partial charge in [-0.15, -0.1) is 0 Å². The topological polar surface area (TPSA) is 79.0 Å². The van der Waals surface area contributed by atoms with Crippen molar-refractivity contribution in [3.63, 3.8) is 0 Å². The predicted octanol–water partition coefficient (Wildman–Crippen LogP) is 2.93. The van der Waals surface area contributed by atoms with Gasteiger partial charge in [0, 0.05) is 17.6 Å². The van der Waals surface area contributed by atoms with E-state index in [1.165, 1.54) is 0 Å². The molecule has 0 unspecified atom stereocenters. The van der Waals surface area contributed by atoms with E-state index in [0.29, 0.717) is 18.4 Å². The van der Waals surface area contributed by atoms with Gasteiger partial charge in [-0.05, 0) is 54.8 Å². The molecule has 0 aliphatic heterocycles. The summed E-state index contributed by atoms with van der Waals surface area (Å²) in [4.78, 5) is 15.1. The zero-order valence-electron chi connectivity index (χ0n) is 15.4. The molecule has 5 nitrogen and oxygen atoms in total. The molecular weight excluding hydrogens is 360 g/mol. The third kappa shape index (κ3) is 5.52. The molecule has 0 aliphatic carbocycles. The van der Waals surface area contributed by atoms with Gasteiger partial charge in [-0.3, -0.25) is 4.79 Å². The fourth-order valence-corrected chi connectivity index (χ4v) is 4.15. The second-order valence-corrected chi connectivity index (χ2v) is 8.69. The molecule has 3 aromatic rings. The molecule has 1 heterocycles. The smallest absolute Gasteiger partial charge is 0.251 e. The molecule has 3 rings (SSSR count). The zero-order chi connectivity index (χ0) is 19.3. The second-order valence-electron chi connectivity index (χ2n) is 6.77. The molecule has 0 spiro atoms. The number of sulfonamides is 1. The fraction of sp³-hybridized carbons (Fsp3) is 0.286. The van der Waals surface area contributed by atoms with E-state index in [1.54, 1.807) is 0 Å². The van der Waals surface area contributed by atoms with Crippen molar-refractivity contribution in [1.29, 1.82) is 0 Å². The standard InChI is InChI=1S/C21H24N2O3S/c1-16-9-10-18-15-19(21(24)23-20(18)14-16)11-12-22-27(25,26)13-5-8-17-6-3-2-4-7-17/h2-4,6-7,9-10,14-15,22H,5,8,11-13H2,1H3,(H,23,24). The summed E-state index contributed by atoms with van der Waals surface area (Å²) in [6.45, 7) is 2.19. The highest BCUT2D eigenvalue weighted by molar-refractivity contribution is 7.89. The van der Waals surface area contributed by atoms with E-state index in [9.17, 15) is 13.2 Å². The van der Waals surface area contributed by atoms with Gasteiger partial charge in [0.25, 0.3) is 5.56 Å². The third-order valence-electron chi connectivity index (χ3n) is 4.52. The number of benzene rings is 2. The number of H-pyrrole nitrogens is 1. The van der Waals surface area contributed by atoms with E-state index in [0.717, 1.165) is 28.5 Å². The summed E-state index contributed by atoms with van der Waals surface area (Å²) >= 11 is 0. The normalized spacial score (nSPS) is 11.7. The summed E-state index contributed by atoms with van der Waals surface area (Å²) in [5.74, 6) is 0.0786. The Labute approximate surface area is 159 Å². The highest BCUT2D eigenvalue weighted by atomic mass is 32.2. The zero-order valence-corrected chi connectivity index (χ0v) is 16.2. The van der Waals surface area contributed by atoms with Crippen molar-refractivity contribution in [3.8, 4) is 0 Å². The molecule has 0 fully saturated rings. The van der Waals surface area contributed by atoms with Crippen molar-refractivity contribution in [2.45, 2.75) is 26.2 Å². The maximum atomic E-state index is 12.2. The fourth-order valence-electron chi connectivity index (χ4n) is 3.07. The number of fused-ring (bicyclic) bond motifs is 1. The number of pyridine rings is 1. The van der Waals surface area contributed by atoms with E-state index in [2.05, 4.69) is 9.71 Å². The lowest BCUT2D eigenvalue weighted by Crippen LogP contribution is -2.29. The van der Waals surface area contributed by atoms with Crippen LogP contribution in [0.15, 0.2) is 59.4 Å². The number of hydrogen-bond donors (Lipinski definition) is 2. The van der Waals surface area contributed by atoms with Crippen molar-refractivity contribution in [3.05, 3.63) is 81.6 Å². The van der Waals surface area contributed by atoms with Gasteiger partial charge in [-0.25, -0.2) is 13.1 Å². The number of hydrogen-bond acceptors (Lipinski definition) is 3. The van der Waals surface area contributed by atoms with Gasteiger partial charge in [-0.2, -0.15) is 0 Å². The molecule has 27 heavy (non-hydrogen) atoms. The average molecular weight is 385 g/mol.